The van der Waals surface area contributed by atoms with Gasteiger partial charge in [-0.05, 0) is 36.2 Å². The minimum absolute atomic E-state index is 0.501. The molecule has 0 radical (unpaired) electrons. The Labute approximate surface area is 111 Å². The van der Waals surface area contributed by atoms with Crippen LogP contribution in [0.25, 0.3) is 0 Å². The molecule has 1 aliphatic heterocycles. The molecule has 0 saturated heterocycles. The molecule has 5 heteroatoms. The van der Waals surface area contributed by atoms with E-state index in [9.17, 15) is 0 Å². The van der Waals surface area contributed by atoms with Crippen LogP contribution >= 0.6 is 0 Å². The highest BCUT2D eigenvalue weighted by molar-refractivity contribution is 5.66. The zero-order chi connectivity index (χ0) is 13.1. The highest BCUT2D eigenvalue weighted by Gasteiger charge is 2.13. The molecule has 0 amide bonds. The van der Waals surface area contributed by atoms with E-state index in [2.05, 4.69) is 33.0 Å². The van der Waals surface area contributed by atoms with Crippen molar-refractivity contribution in [3.8, 4) is 6.07 Å². The lowest BCUT2D eigenvalue weighted by Gasteiger charge is -2.20. The van der Waals surface area contributed by atoms with Crippen LogP contribution in [0.2, 0.25) is 0 Å². The average molecular weight is 251 g/mol. The van der Waals surface area contributed by atoms with Gasteiger partial charge in [0.15, 0.2) is 5.82 Å². The van der Waals surface area contributed by atoms with Crippen LogP contribution in [0.4, 0.5) is 11.5 Å². The second-order valence-electron chi connectivity index (χ2n) is 4.40. The fourth-order valence-electron chi connectivity index (χ4n) is 2.29. The molecule has 0 unspecified atom stereocenters. The summed E-state index contributed by atoms with van der Waals surface area (Å²) in [6.45, 7) is 1.85. The van der Waals surface area contributed by atoms with Crippen molar-refractivity contribution in [2.24, 2.45) is 0 Å². The van der Waals surface area contributed by atoms with Gasteiger partial charge in [-0.15, -0.1) is 5.10 Å². The van der Waals surface area contributed by atoms with Crippen molar-refractivity contribution >= 4 is 11.5 Å². The van der Waals surface area contributed by atoms with Crippen LogP contribution in [0, 0.1) is 11.3 Å². The largest absolute Gasteiger partial charge is 0.337 e. The summed E-state index contributed by atoms with van der Waals surface area (Å²) in [5.74, 6) is 0.511. The van der Waals surface area contributed by atoms with Gasteiger partial charge < -0.3 is 10.6 Å². The highest BCUT2D eigenvalue weighted by atomic mass is 15.2. The third kappa shape index (κ3) is 2.26. The van der Waals surface area contributed by atoms with Gasteiger partial charge >= 0.3 is 0 Å². The molecule has 19 heavy (non-hydrogen) atoms. The first kappa shape index (κ1) is 11.6. The molecular formula is C14H13N5. The SMILES string of the molecule is N#Cc1ccnnc1Nc1cccc2c1CCNC2. The van der Waals surface area contributed by atoms with Crippen LogP contribution in [-0.4, -0.2) is 16.7 Å². The minimum Gasteiger partial charge on any atom is -0.337 e. The Balaban J connectivity index is 1.98. The number of rotatable bonds is 2. The number of nitrogens with zero attached hydrogens (tertiary/aromatic N) is 3. The number of hydrogen-bond donors (Lipinski definition) is 2. The fourth-order valence-corrected chi connectivity index (χ4v) is 2.29. The van der Waals surface area contributed by atoms with Crippen LogP contribution in [0.3, 0.4) is 0 Å². The zero-order valence-corrected chi connectivity index (χ0v) is 10.3. The molecule has 1 aliphatic rings. The summed E-state index contributed by atoms with van der Waals surface area (Å²) in [5, 5.41) is 23.5. The fraction of sp³-hybridized carbons (Fsp3) is 0.214. The van der Waals surface area contributed by atoms with Crippen LogP contribution in [0.1, 0.15) is 16.7 Å². The van der Waals surface area contributed by atoms with Gasteiger partial charge in [0.2, 0.25) is 0 Å². The lowest BCUT2D eigenvalue weighted by molar-refractivity contribution is 0.645. The van der Waals surface area contributed by atoms with Crippen molar-refractivity contribution in [3.05, 3.63) is 47.2 Å². The number of nitrogens with one attached hydrogen (secondary N) is 2. The maximum absolute atomic E-state index is 9.07. The van der Waals surface area contributed by atoms with Crippen LogP contribution in [0.15, 0.2) is 30.5 Å². The Bertz CT molecular complexity index is 645. The summed E-state index contributed by atoms with van der Waals surface area (Å²) in [6, 6.07) is 9.92. The summed E-state index contributed by atoms with van der Waals surface area (Å²) >= 11 is 0. The molecule has 94 valence electrons. The molecule has 5 nitrogen and oxygen atoms in total. The van der Waals surface area contributed by atoms with Crippen molar-refractivity contribution in [1.82, 2.24) is 15.5 Å². The van der Waals surface area contributed by atoms with E-state index in [1.54, 1.807) is 6.07 Å². The summed E-state index contributed by atoms with van der Waals surface area (Å²) in [7, 11) is 0. The van der Waals surface area contributed by atoms with Crippen molar-refractivity contribution in [1.29, 1.82) is 5.26 Å². The summed E-state index contributed by atoms with van der Waals surface area (Å²) < 4.78 is 0. The number of hydrogen-bond acceptors (Lipinski definition) is 5. The number of nitriles is 1. The first-order valence-electron chi connectivity index (χ1n) is 6.19. The lowest BCUT2D eigenvalue weighted by atomic mass is 9.99. The average Bonchev–Trinajstić information content (AvgIpc) is 2.48. The Morgan fingerprint density at radius 1 is 1.32 bits per heavy atom. The number of benzene rings is 1. The maximum Gasteiger partial charge on any atom is 0.171 e. The smallest absolute Gasteiger partial charge is 0.171 e. The third-order valence-corrected chi connectivity index (χ3v) is 3.23. The van der Waals surface area contributed by atoms with E-state index in [-0.39, 0.29) is 0 Å². The van der Waals surface area contributed by atoms with Gasteiger partial charge in [0.1, 0.15) is 6.07 Å². The van der Waals surface area contributed by atoms with Gasteiger partial charge in [0.05, 0.1) is 11.8 Å². The second kappa shape index (κ2) is 5.04. The monoisotopic (exact) mass is 251 g/mol. The predicted molar refractivity (Wildman–Crippen MR) is 71.9 cm³/mol. The van der Waals surface area contributed by atoms with E-state index in [0.717, 1.165) is 25.2 Å². The van der Waals surface area contributed by atoms with E-state index < -0.39 is 0 Å². The Morgan fingerprint density at radius 2 is 2.26 bits per heavy atom. The second-order valence-corrected chi connectivity index (χ2v) is 4.40. The first-order valence-corrected chi connectivity index (χ1v) is 6.19. The van der Waals surface area contributed by atoms with E-state index >= 15 is 0 Å². The number of fused-ring (bicyclic) bond motifs is 1. The summed E-state index contributed by atoms with van der Waals surface area (Å²) in [6.07, 6.45) is 2.49. The Morgan fingerprint density at radius 3 is 3.16 bits per heavy atom. The van der Waals surface area contributed by atoms with Gasteiger partial charge in [-0.3, -0.25) is 0 Å². The van der Waals surface area contributed by atoms with Gasteiger partial charge in [-0.25, -0.2) is 0 Å². The molecule has 2 heterocycles. The predicted octanol–water partition coefficient (Wildman–Crippen LogP) is 1.74. The molecule has 1 aromatic carbocycles. The minimum atomic E-state index is 0.501. The van der Waals surface area contributed by atoms with Gasteiger partial charge in [0, 0.05) is 12.2 Å². The molecule has 3 rings (SSSR count). The van der Waals surface area contributed by atoms with Crippen molar-refractivity contribution < 1.29 is 0 Å². The maximum atomic E-state index is 9.07. The van der Waals surface area contributed by atoms with Crippen LogP contribution in [-0.2, 0) is 13.0 Å². The Kier molecular flexibility index (Phi) is 3.09. The highest BCUT2D eigenvalue weighted by Crippen LogP contribution is 2.26. The van der Waals surface area contributed by atoms with Crippen molar-refractivity contribution in [2.75, 3.05) is 11.9 Å². The number of anilines is 2. The topological polar surface area (TPSA) is 73.6 Å². The van der Waals surface area contributed by atoms with Crippen LogP contribution in [0.5, 0.6) is 0 Å². The summed E-state index contributed by atoms with van der Waals surface area (Å²) in [4.78, 5) is 0. The third-order valence-electron chi connectivity index (χ3n) is 3.23. The molecular weight excluding hydrogens is 238 g/mol. The molecule has 2 N–H and O–H groups in total. The molecule has 0 atom stereocenters. The molecule has 2 aromatic rings. The van der Waals surface area contributed by atoms with Gasteiger partial charge in [-0.2, -0.15) is 10.4 Å². The standard InChI is InChI=1S/C14H13N5/c15-8-10-4-7-17-19-14(10)18-13-3-1-2-11-9-16-6-5-12(11)13/h1-4,7,16H,5-6,9H2,(H,18,19). The van der Waals surface area contributed by atoms with E-state index in [1.807, 2.05) is 12.1 Å². The van der Waals surface area contributed by atoms with E-state index in [1.165, 1.54) is 17.3 Å². The van der Waals surface area contributed by atoms with Gasteiger partial charge in [-0.1, -0.05) is 12.1 Å². The molecule has 0 fully saturated rings. The zero-order valence-electron chi connectivity index (χ0n) is 10.3. The van der Waals surface area contributed by atoms with Crippen LogP contribution < -0.4 is 10.6 Å². The molecule has 0 bridgehead atoms. The van der Waals surface area contributed by atoms with E-state index in [4.69, 9.17) is 5.26 Å². The lowest BCUT2D eigenvalue weighted by Crippen LogP contribution is -2.24. The van der Waals surface area contributed by atoms with Gasteiger partial charge in [0.25, 0.3) is 0 Å². The normalized spacial score (nSPS) is 13.4. The summed E-state index contributed by atoms with van der Waals surface area (Å²) in [5.41, 5.74) is 4.09. The van der Waals surface area contributed by atoms with Crippen molar-refractivity contribution in [3.63, 3.8) is 0 Å². The van der Waals surface area contributed by atoms with E-state index in [0.29, 0.717) is 11.4 Å². The molecule has 1 aromatic heterocycles. The Hall–Kier alpha value is -2.45. The number of aromatic nitrogens is 2. The first-order chi connectivity index (χ1) is 9.38. The molecule has 0 spiro atoms. The quantitative estimate of drug-likeness (QED) is 0.850. The molecule has 0 saturated carbocycles. The van der Waals surface area contributed by atoms with Crippen molar-refractivity contribution in [2.45, 2.75) is 13.0 Å². The molecule has 0 aliphatic carbocycles.